The van der Waals surface area contributed by atoms with Crippen molar-refractivity contribution in [3.63, 3.8) is 0 Å². The molecule has 2 rings (SSSR count). The van der Waals surface area contributed by atoms with Crippen molar-refractivity contribution in [2.75, 3.05) is 4.42 Å². The van der Waals surface area contributed by atoms with Crippen LogP contribution in [-0.2, 0) is 0 Å². The van der Waals surface area contributed by atoms with Crippen LogP contribution in [0.4, 0.5) is 5.69 Å². The van der Waals surface area contributed by atoms with Gasteiger partial charge < -0.3 is 0 Å². The second kappa shape index (κ2) is 6.21. The summed E-state index contributed by atoms with van der Waals surface area (Å²) < 4.78 is 1.66. The second-order valence-corrected chi connectivity index (χ2v) is 4.65. The number of hydrogen-bond acceptors (Lipinski definition) is 3. The number of nitrogens with zero attached hydrogens (tertiary/aromatic N) is 3. The quantitative estimate of drug-likeness (QED) is 0.620. The van der Waals surface area contributed by atoms with Crippen molar-refractivity contribution in [1.29, 1.82) is 0 Å². The molecule has 0 N–H and O–H groups in total. The number of anilines is 1. The highest BCUT2D eigenvalue weighted by molar-refractivity contribution is 6.26. The van der Waals surface area contributed by atoms with E-state index in [0.717, 1.165) is 16.8 Å². The average molecular weight is 272 g/mol. The maximum Gasteiger partial charge on any atom is 0.0713 e. The van der Waals surface area contributed by atoms with Crippen molar-refractivity contribution in [3.8, 4) is 11.8 Å². The van der Waals surface area contributed by atoms with Gasteiger partial charge in [-0.1, -0.05) is 11.8 Å². The third-order valence-corrected chi connectivity index (χ3v) is 3.06. The lowest BCUT2D eigenvalue weighted by molar-refractivity contribution is 0.828. The van der Waals surface area contributed by atoms with Crippen molar-refractivity contribution in [1.82, 2.24) is 9.97 Å². The third-order valence-electron chi connectivity index (χ3n) is 2.48. The molecule has 0 saturated heterocycles. The van der Waals surface area contributed by atoms with E-state index < -0.39 is 0 Å². The fourth-order valence-corrected chi connectivity index (χ4v) is 1.67. The molecule has 0 spiro atoms. The molecule has 2 heterocycles. The average Bonchev–Trinajstić information content (AvgIpc) is 2.45. The number of halogens is 1. The van der Waals surface area contributed by atoms with Gasteiger partial charge in [-0.05, 0) is 32.0 Å². The minimum Gasteiger partial charge on any atom is -0.281 e. The van der Waals surface area contributed by atoms with Crippen LogP contribution in [0.2, 0.25) is 0 Å². The molecule has 0 atom stereocenters. The van der Waals surface area contributed by atoms with Gasteiger partial charge >= 0.3 is 0 Å². The van der Waals surface area contributed by atoms with Crippen LogP contribution in [0.25, 0.3) is 0 Å². The molecule has 2 aromatic rings. The van der Waals surface area contributed by atoms with E-state index in [-0.39, 0.29) is 6.04 Å². The SMILES string of the molecule is CC(C)N(Cl)c1ccncc1C#Cc1cccnc1. The Morgan fingerprint density at radius 2 is 1.89 bits per heavy atom. The van der Waals surface area contributed by atoms with Gasteiger partial charge in [0.15, 0.2) is 0 Å². The van der Waals surface area contributed by atoms with Gasteiger partial charge in [0, 0.05) is 48.2 Å². The maximum absolute atomic E-state index is 6.25. The van der Waals surface area contributed by atoms with E-state index in [1.807, 2.05) is 32.0 Å². The summed E-state index contributed by atoms with van der Waals surface area (Å²) in [5.41, 5.74) is 2.53. The van der Waals surface area contributed by atoms with E-state index in [4.69, 9.17) is 11.8 Å². The molecule has 0 aliphatic rings. The molecule has 0 aliphatic carbocycles. The lowest BCUT2D eigenvalue weighted by atomic mass is 10.2. The van der Waals surface area contributed by atoms with E-state index in [0.29, 0.717) is 0 Å². The fraction of sp³-hybridized carbons (Fsp3) is 0.200. The number of hydrogen-bond donors (Lipinski definition) is 0. The van der Waals surface area contributed by atoms with Crippen LogP contribution >= 0.6 is 11.8 Å². The van der Waals surface area contributed by atoms with Crippen LogP contribution in [0, 0.1) is 11.8 Å². The molecule has 96 valence electrons. The second-order valence-electron chi connectivity index (χ2n) is 4.29. The standard InChI is InChI=1S/C15H14ClN3/c1-12(2)19(16)15-7-9-18-11-14(15)6-5-13-4-3-8-17-10-13/h3-4,7-12H,1-2H3. The summed E-state index contributed by atoms with van der Waals surface area (Å²) in [6.45, 7) is 4.04. The summed E-state index contributed by atoms with van der Waals surface area (Å²) in [4.78, 5) is 8.12. The first-order valence-corrected chi connectivity index (χ1v) is 6.33. The van der Waals surface area contributed by atoms with Crippen LogP contribution in [0.5, 0.6) is 0 Å². The van der Waals surface area contributed by atoms with Gasteiger partial charge in [-0.2, -0.15) is 0 Å². The molecule has 0 aliphatic heterocycles. The fourth-order valence-electron chi connectivity index (χ4n) is 1.52. The molecule has 0 aromatic carbocycles. The van der Waals surface area contributed by atoms with Crippen LogP contribution in [0.15, 0.2) is 43.0 Å². The third kappa shape index (κ3) is 3.46. The summed E-state index contributed by atoms with van der Waals surface area (Å²) in [6, 6.07) is 5.82. The highest BCUT2D eigenvalue weighted by atomic mass is 35.5. The van der Waals surface area contributed by atoms with Gasteiger partial charge in [-0.25, -0.2) is 0 Å². The van der Waals surface area contributed by atoms with Crippen LogP contribution in [0.1, 0.15) is 25.0 Å². The largest absolute Gasteiger partial charge is 0.281 e. The Morgan fingerprint density at radius 3 is 2.58 bits per heavy atom. The summed E-state index contributed by atoms with van der Waals surface area (Å²) in [5.74, 6) is 6.14. The predicted octanol–water partition coefficient (Wildman–Crippen LogP) is 3.25. The molecule has 19 heavy (non-hydrogen) atoms. The topological polar surface area (TPSA) is 29.0 Å². The molecule has 0 fully saturated rings. The molecule has 0 unspecified atom stereocenters. The van der Waals surface area contributed by atoms with Crippen molar-refractivity contribution in [2.24, 2.45) is 0 Å². The molecular weight excluding hydrogens is 258 g/mol. The summed E-state index contributed by atoms with van der Waals surface area (Å²) in [6.07, 6.45) is 6.88. The molecule has 3 nitrogen and oxygen atoms in total. The Morgan fingerprint density at radius 1 is 1.11 bits per heavy atom. The van der Waals surface area contributed by atoms with Crippen molar-refractivity contribution < 1.29 is 0 Å². The van der Waals surface area contributed by atoms with E-state index in [1.54, 1.807) is 29.2 Å². The van der Waals surface area contributed by atoms with E-state index in [9.17, 15) is 0 Å². The number of aromatic nitrogens is 2. The maximum atomic E-state index is 6.25. The van der Waals surface area contributed by atoms with Gasteiger partial charge in [0.25, 0.3) is 0 Å². The first-order chi connectivity index (χ1) is 9.18. The predicted molar refractivity (Wildman–Crippen MR) is 77.9 cm³/mol. The molecular formula is C15H14ClN3. The monoisotopic (exact) mass is 271 g/mol. The molecule has 0 amide bonds. The van der Waals surface area contributed by atoms with Gasteiger partial charge in [-0.15, -0.1) is 0 Å². The molecule has 0 bridgehead atoms. The van der Waals surface area contributed by atoms with Crippen LogP contribution in [0.3, 0.4) is 0 Å². The lowest BCUT2D eigenvalue weighted by Gasteiger charge is -2.20. The molecule has 0 saturated carbocycles. The van der Waals surface area contributed by atoms with Crippen molar-refractivity contribution >= 4 is 17.5 Å². The van der Waals surface area contributed by atoms with Crippen molar-refractivity contribution in [3.05, 3.63) is 54.1 Å². The van der Waals surface area contributed by atoms with Gasteiger partial charge in [-0.3, -0.25) is 14.4 Å². The van der Waals surface area contributed by atoms with Crippen LogP contribution in [-0.4, -0.2) is 16.0 Å². The first-order valence-electron chi connectivity index (χ1n) is 5.99. The Bertz CT molecular complexity index is 600. The summed E-state index contributed by atoms with van der Waals surface area (Å²) in [5, 5.41) is 0. The van der Waals surface area contributed by atoms with Gasteiger partial charge in [0.1, 0.15) is 0 Å². The first kappa shape index (κ1) is 13.4. The van der Waals surface area contributed by atoms with E-state index in [1.165, 1.54) is 0 Å². The molecule has 0 radical (unpaired) electrons. The minimum absolute atomic E-state index is 0.183. The zero-order valence-corrected chi connectivity index (χ0v) is 11.6. The van der Waals surface area contributed by atoms with E-state index in [2.05, 4.69) is 21.8 Å². The minimum atomic E-state index is 0.183. The zero-order valence-electron chi connectivity index (χ0n) is 10.8. The molecule has 2 aromatic heterocycles. The lowest BCUT2D eigenvalue weighted by Crippen LogP contribution is -2.20. The normalized spacial score (nSPS) is 9.89. The Hall–Kier alpha value is -2.05. The Labute approximate surface area is 118 Å². The number of pyridine rings is 2. The smallest absolute Gasteiger partial charge is 0.0713 e. The van der Waals surface area contributed by atoms with Crippen molar-refractivity contribution in [2.45, 2.75) is 19.9 Å². The highest BCUT2D eigenvalue weighted by Gasteiger charge is 2.10. The highest BCUT2D eigenvalue weighted by Crippen LogP contribution is 2.22. The zero-order chi connectivity index (χ0) is 13.7. The van der Waals surface area contributed by atoms with Gasteiger partial charge in [0.05, 0.1) is 11.3 Å². The molecule has 4 heteroatoms. The van der Waals surface area contributed by atoms with Crippen LogP contribution < -0.4 is 4.42 Å². The Kier molecular flexibility index (Phi) is 4.38. The Balaban J connectivity index is 2.34. The summed E-state index contributed by atoms with van der Waals surface area (Å²) in [7, 11) is 0. The summed E-state index contributed by atoms with van der Waals surface area (Å²) >= 11 is 6.25. The van der Waals surface area contributed by atoms with E-state index >= 15 is 0 Å². The van der Waals surface area contributed by atoms with Gasteiger partial charge in [0.2, 0.25) is 0 Å². The number of rotatable bonds is 2.